The van der Waals surface area contributed by atoms with E-state index >= 15 is 0 Å². The third-order valence-electron chi connectivity index (χ3n) is 3.69. The van der Waals surface area contributed by atoms with E-state index in [1.165, 1.54) is 6.26 Å². The van der Waals surface area contributed by atoms with Crippen molar-refractivity contribution in [2.45, 2.75) is 24.2 Å². The lowest BCUT2D eigenvalue weighted by molar-refractivity contribution is 0.280. The highest BCUT2D eigenvalue weighted by atomic mass is 32.2. The zero-order valence-electron chi connectivity index (χ0n) is 11.0. The van der Waals surface area contributed by atoms with Crippen molar-refractivity contribution in [3.8, 4) is 6.07 Å². The number of rotatable bonds is 3. The van der Waals surface area contributed by atoms with E-state index in [0.29, 0.717) is 11.3 Å². The maximum absolute atomic E-state index is 11.4. The van der Waals surface area contributed by atoms with Gasteiger partial charge in [-0.05, 0) is 50.0 Å². The zero-order valence-corrected chi connectivity index (χ0v) is 11.8. The van der Waals surface area contributed by atoms with Crippen molar-refractivity contribution in [3.63, 3.8) is 0 Å². The van der Waals surface area contributed by atoms with Crippen LogP contribution in [0.15, 0.2) is 29.2 Å². The van der Waals surface area contributed by atoms with Crippen LogP contribution in [-0.4, -0.2) is 27.8 Å². The summed E-state index contributed by atoms with van der Waals surface area (Å²) in [4.78, 5) is 0.326. The van der Waals surface area contributed by atoms with Crippen LogP contribution in [0, 0.1) is 16.7 Å². The van der Waals surface area contributed by atoms with Gasteiger partial charge in [0.05, 0.1) is 16.4 Å². The van der Waals surface area contributed by atoms with Crippen LogP contribution in [0.5, 0.6) is 0 Å². The molecule has 1 aliphatic rings. The first kappa shape index (κ1) is 14.0. The van der Waals surface area contributed by atoms with Crippen molar-refractivity contribution in [2.75, 3.05) is 19.3 Å². The molecule has 1 saturated heterocycles. The van der Waals surface area contributed by atoms with Crippen molar-refractivity contribution in [1.82, 2.24) is 5.32 Å². The molecule has 0 aliphatic carbocycles. The van der Waals surface area contributed by atoms with Gasteiger partial charge in [0.1, 0.15) is 0 Å². The molecule has 0 unspecified atom stereocenters. The van der Waals surface area contributed by atoms with E-state index in [0.717, 1.165) is 31.5 Å². The Bertz CT molecular complexity index is 579. The highest BCUT2D eigenvalue weighted by Crippen LogP contribution is 2.32. The first-order valence-electron chi connectivity index (χ1n) is 6.36. The van der Waals surface area contributed by atoms with Crippen molar-refractivity contribution >= 4 is 9.84 Å². The Morgan fingerprint density at radius 1 is 1.26 bits per heavy atom. The van der Waals surface area contributed by atoms with Crippen LogP contribution in [0.25, 0.3) is 0 Å². The smallest absolute Gasteiger partial charge is 0.175 e. The Morgan fingerprint density at radius 2 is 1.84 bits per heavy atom. The average molecular weight is 278 g/mol. The molecule has 0 atom stereocenters. The Labute approximate surface area is 114 Å². The van der Waals surface area contributed by atoms with Gasteiger partial charge in [-0.1, -0.05) is 12.1 Å². The number of hydrogen-bond donors (Lipinski definition) is 1. The molecule has 2 rings (SSSR count). The van der Waals surface area contributed by atoms with Crippen LogP contribution in [-0.2, 0) is 16.3 Å². The van der Waals surface area contributed by atoms with E-state index in [1.807, 2.05) is 12.1 Å². The summed E-state index contributed by atoms with van der Waals surface area (Å²) in [6, 6.07) is 9.33. The van der Waals surface area contributed by atoms with Gasteiger partial charge in [0.2, 0.25) is 0 Å². The Balaban J connectivity index is 2.17. The van der Waals surface area contributed by atoms with Crippen LogP contribution in [0.2, 0.25) is 0 Å². The summed E-state index contributed by atoms with van der Waals surface area (Å²) in [5, 5.41) is 12.7. The fourth-order valence-electron chi connectivity index (χ4n) is 2.48. The first-order valence-corrected chi connectivity index (χ1v) is 8.25. The molecule has 19 heavy (non-hydrogen) atoms. The van der Waals surface area contributed by atoms with Crippen molar-refractivity contribution in [3.05, 3.63) is 29.8 Å². The molecule has 0 aromatic heterocycles. The van der Waals surface area contributed by atoms with Crippen LogP contribution in [0.3, 0.4) is 0 Å². The van der Waals surface area contributed by atoms with E-state index in [2.05, 4.69) is 11.4 Å². The van der Waals surface area contributed by atoms with Gasteiger partial charge in [0.15, 0.2) is 9.84 Å². The van der Waals surface area contributed by atoms with E-state index in [9.17, 15) is 13.7 Å². The Morgan fingerprint density at radius 3 is 2.32 bits per heavy atom. The van der Waals surface area contributed by atoms with E-state index in [4.69, 9.17) is 0 Å². The fraction of sp³-hybridized carbons (Fsp3) is 0.500. The van der Waals surface area contributed by atoms with Gasteiger partial charge in [-0.15, -0.1) is 0 Å². The van der Waals surface area contributed by atoms with Crippen LogP contribution in [0.4, 0.5) is 0 Å². The molecule has 1 heterocycles. The lowest BCUT2D eigenvalue weighted by Crippen LogP contribution is -2.37. The van der Waals surface area contributed by atoms with Gasteiger partial charge >= 0.3 is 0 Å². The molecule has 0 saturated carbocycles. The molecule has 1 fully saturated rings. The topological polar surface area (TPSA) is 70.0 Å². The number of piperidine rings is 1. The second-order valence-electron chi connectivity index (χ2n) is 5.24. The number of hydrogen-bond acceptors (Lipinski definition) is 4. The van der Waals surface area contributed by atoms with Gasteiger partial charge < -0.3 is 5.32 Å². The second kappa shape index (κ2) is 5.32. The summed E-state index contributed by atoms with van der Waals surface area (Å²) in [6.45, 7) is 1.74. The van der Waals surface area contributed by atoms with Gasteiger partial charge in [-0.2, -0.15) is 5.26 Å². The standard InChI is InChI=1S/C14H18N2O2S/c1-19(17,18)13-4-2-12(3-5-13)10-14(11-15)6-8-16-9-7-14/h2-5,16H,6-10H2,1H3. The molecule has 0 amide bonds. The molecule has 5 heteroatoms. The van der Waals surface area contributed by atoms with Gasteiger partial charge in [0, 0.05) is 6.26 Å². The van der Waals surface area contributed by atoms with Crippen LogP contribution < -0.4 is 5.32 Å². The third-order valence-corrected chi connectivity index (χ3v) is 4.82. The van der Waals surface area contributed by atoms with Crippen LogP contribution >= 0.6 is 0 Å². The molecule has 1 aromatic carbocycles. The van der Waals surface area contributed by atoms with Crippen LogP contribution in [0.1, 0.15) is 18.4 Å². The Kier molecular flexibility index (Phi) is 3.93. The summed E-state index contributed by atoms with van der Waals surface area (Å²) < 4.78 is 22.8. The predicted molar refractivity (Wildman–Crippen MR) is 73.4 cm³/mol. The molecule has 0 spiro atoms. The molecule has 0 radical (unpaired) electrons. The van der Waals surface area contributed by atoms with Gasteiger partial charge in [-0.25, -0.2) is 8.42 Å². The number of benzene rings is 1. The summed E-state index contributed by atoms with van der Waals surface area (Å²) in [5.74, 6) is 0. The molecule has 1 N–H and O–H groups in total. The quantitative estimate of drug-likeness (QED) is 0.910. The zero-order chi connectivity index (χ0) is 13.9. The number of sulfone groups is 1. The molecule has 0 bridgehead atoms. The SMILES string of the molecule is CS(=O)(=O)c1ccc(CC2(C#N)CCNCC2)cc1. The van der Waals surface area contributed by atoms with Crippen molar-refractivity contribution in [2.24, 2.45) is 5.41 Å². The molecule has 1 aromatic rings. The van der Waals surface area contributed by atoms with E-state index < -0.39 is 9.84 Å². The third kappa shape index (κ3) is 3.34. The molecular formula is C14H18N2O2S. The lowest BCUT2D eigenvalue weighted by Gasteiger charge is -2.31. The first-order chi connectivity index (χ1) is 8.95. The highest BCUT2D eigenvalue weighted by molar-refractivity contribution is 7.90. The number of nitrogens with one attached hydrogen (secondary N) is 1. The highest BCUT2D eigenvalue weighted by Gasteiger charge is 2.32. The molecule has 102 valence electrons. The van der Waals surface area contributed by atoms with Crippen molar-refractivity contribution < 1.29 is 8.42 Å². The summed E-state index contributed by atoms with van der Waals surface area (Å²) in [7, 11) is -3.15. The Hall–Kier alpha value is -1.38. The van der Waals surface area contributed by atoms with E-state index in [1.54, 1.807) is 12.1 Å². The summed E-state index contributed by atoms with van der Waals surface area (Å²) >= 11 is 0. The normalized spacial score (nSPS) is 18.7. The van der Waals surface area contributed by atoms with Crippen molar-refractivity contribution in [1.29, 1.82) is 5.26 Å². The molecule has 4 nitrogen and oxygen atoms in total. The lowest BCUT2D eigenvalue weighted by atomic mass is 9.75. The fourth-order valence-corrected chi connectivity index (χ4v) is 3.11. The molecule has 1 aliphatic heterocycles. The minimum absolute atomic E-state index is 0.308. The monoisotopic (exact) mass is 278 g/mol. The number of nitrogens with zero attached hydrogens (tertiary/aromatic N) is 1. The largest absolute Gasteiger partial charge is 0.317 e. The minimum Gasteiger partial charge on any atom is -0.317 e. The second-order valence-corrected chi connectivity index (χ2v) is 7.25. The number of nitriles is 1. The van der Waals surface area contributed by atoms with E-state index in [-0.39, 0.29) is 5.41 Å². The minimum atomic E-state index is -3.15. The maximum atomic E-state index is 11.4. The average Bonchev–Trinajstić information content (AvgIpc) is 2.39. The summed E-state index contributed by atoms with van der Waals surface area (Å²) in [6.07, 6.45) is 3.58. The predicted octanol–water partition coefficient (Wildman–Crippen LogP) is 1.53. The van der Waals surface area contributed by atoms with Gasteiger partial charge in [0.25, 0.3) is 0 Å². The summed E-state index contributed by atoms with van der Waals surface area (Å²) in [5.41, 5.74) is 0.716. The maximum Gasteiger partial charge on any atom is 0.175 e. The molecular weight excluding hydrogens is 260 g/mol. The van der Waals surface area contributed by atoms with Gasteiger partial charge in [-0.3, -0.25) is 0 Å².